The fourth-order valence-electron chi connectivity index (χ4n) is 3.36. The molecule has 3 heterocycles. The first-order valence-electron chi connectivity index (χ1n) is 8.24. The minimum absolute atomic E-state index is 0.136. The van der Waals surface area contributed by atoms with Crippen LogP contribution in [0.2, 0.25) is 0 Å². The molecule has 0 atom stereocenters. The second-order valence-electron chi connectivity index (χ2n) is 6.33. The number of anilines is 1. The minimum Gasteiger partial charge on any atom is -0.342 e. The molecule has 0 unspecified atom stereocenters. The van der Waals surface area contributed by atoms with Crippen molar-refractivity contribution in [3.8, 4) is 11.3 Å². The van der Waals surface area contributed by atoms with Crippen LogP contribution >= 0.6 is 11.3 Å². The maximum Gasteiger partial charge on any atom is 0.231 e. The minimum atomic E-state index is 0.136. The number of amides is 2. The molecular weight excluding hydrogens is 322 g/mol. The summed E-state index contributed by atoms with van der Waals surface area (Å²) in [7, 11) is 1.81. The SMILES string of the molecule is CN1C(=O)Cc2cc(-c3csc(CCN4CCCC4=O)n3)ccc21. The van der Waals surface area contributed by atoms with Crippen LogP contribution in [-0.2, 0) is 22.4 Å². The van der Waals surface area contributed by atoms with Gasteiger partial charge in [0.2, 0.25) is 11.8 Å². The van der Waals surface area contributed by atoms with Gasteiger partial charge < -0.3 is 9.80 Å². The lowest BCUT2D eigenvalue weighted by molar-refractivity contribution is -0.127. The smallest absolute Gasteiger partial charge is 0.231 e. The van der Waals surface area contributed by atoms with E-state index in [9.17, 15) is 9.59 Å². The molecule has 2 amide bonds. The molecule has 0 spiro atoms. The van der Waals surface area contributed by atoms with Gasteiger partial charge in [0.25, 0.3) is 0 Å². The predicted molar refractivity (Wildman–Crippen MR) is 94.2 cm³/mol. The highest BCUT2D eigenvalue weighted by Gasteiger charge is 2.24. The van der Waals surface area contributed by atoms with Gasteiger partial charge in [-0.3, -0.25) is 9.59 Å². The van der Waals surface area contributed by atoms with Gasteiger partial charge in [0, 0.05) is 49.6 Å². The van der Waals surface area contributed by atoms with Gasteiger partial charge in [-0.05, 0) is 24.1 Å². The highest BCUT2D eigenvalue weighted by atomic mass is 32.1. The lowest BCUT2D eigenvalue weighted by Gasteiger charge is -2.13. The van der Waals surface area contributed by atoms with Gasteiger partial charge in [-0.15, -0.1) is 11.3 Å². The van der Waals surface area contributed by atoms with Crippen molar-refractivity contribution < 1.29 is 9.59 Å². The molecule has 4 rings (SSSR count). The average Bonchev–Trinajstić information content (AvgIpc) is 3.26. The highest BCUT2D eigenvalue weighted by Crippen LogP contribution is 2.32. The quantitative estimate of drug-likeness (QED) is 0.858. The topological polar surface area (TPSA) is 53.5 Å². The van der Waals surface area contributed by atoms with E-state index in [0.717, 1.165) is 53.4 Å². The van der Waals surface area contributed by atoms with Gasteiger partial charge in [0.05, 0.1) is 17.1 Å². The van der Waals surface area contributed by atoms with Crippen molar-refractivity contribution >= 4 is 28.8 Å². The van der Waals surface area contributed by atoms with Crippen LogP contribution in [0, 0.1) is 0 Å². The molecule has 1 aromatic carbocycles. The summed E-state index contributed by atoms with van der Waals surface area (Å²) in [5, 5.41) is 3.11. The Morgan fingerprint density at radius 3 is 2.92 bits per heavy atom. The third-order valence-corrected chi connectivity index (χ3v) is 5.68. The Hall–Kier alpha value is -2.21. The van der Waals surface area contributed by atoms with Crippen LogP contribution < -0.4 is 4.90 Å². The zero-order chi connectivity index (χ0) is 16.7. The summed E-state index contributed by atoms with van der Waals surface area (Å²) in [5.41, 5.74) is 4.06. The van der Waals surface area contributed by atoms with Gasteiger partial charge in [0.15, 0.2) is 0 Å². The first-order chi connectivity index (χ1) is 11.6. The van der Waals surface area contributed by atoms with E-state index in [-0.39, 0.29) is 11.8 Å². The molecule has 2 aliphatic rings. The fourth-order valence-corrected chi connectivity index (χ4v) is 4.16. The van der Waals surface area contributed by atoms with Gasteiger partial charge >= 0.3 is 0 Å². The predicted octanol–water partition coefficient (Wildman–Crippen LogP) is 2.49. The summed E-state index contributed by atoms with van der Waals surface area (Å²) in [6, 6.07) is 6.09. The zero-order valence-electron chi connectivity index (χ0n) is 13.6. The summed E-state index contributed by atoms with van der Waals surface area (Å²) < 4.78 is 0. The number of likely N-dealkylation sites (tertiary alicyclic amines) is 1. The van der Waals surface area contributed by atoms with Crippen molar-refractivity contribution in [1.82, 2.24) is 9.88 Å². The summed E-state index contributed by atoms with van der Waals surface area (Å²) >= 11 is 1.64. The second kappa shape index (κ2) is 6.02. The molecule has 0 aliphatic carbocycles. The molecule has 1 saturated heterocycles. The lowest BCUT2D eigenvalue weighted by atomic mass is 10.1. The number of thiazole rings is 1. The van der Waals surface area contributed by atoms with Crippen molar-refractivity contribution in [2.45, 2.75) is 25.7 Å². The molecule has 2 aliphatic heterocycles. The molecule has 1 aromatic heterocycles. The first kappa shape index (κ1) is 15.3. The third kappa shape index (κ3) is 2.71. The van der Waals surface area contributed by atoms with Crippen LogP contribution in [0.5, 0.6) is 0 Å². The van der Waals surface area contributed by atoms with Gasteiger partial charge in [-0.1, -0.05) is 6.07 Å². The van der Waals surface area contributed by atoms with E-state index < -0.39 is 0 Å². The van der Waals surface area contributed by atoms with E-state index in [2.05, 4.69) is 11.4 Å². The zero-order valence-corrected chi connectivity index (χ0v) is 14.4. The van der Waals surface area contributed by atoms with Crippen LogP contribution in [0.15, 0.2) is 23.6 Å². The largest absolute Gasteiger partial charge is 0.342 e. The molecule has 1 fully saturated rings. The van der Waals surface area contributed by atoms with Crippen molar-refractivity contribution in [3.63, 3.8) is 0 Å². The molecule has 0 bridgehead atoms. The van der Waals surface area contributed by atoms with Crippen molar-refractivity contribution in [1.29, 1.82) is 0 Å². The molecule has 0 N–H and O–H groups in total. The van der Waals surface area contributed by atoms with E-state index in [1.165, 1.54) is 0 Å². The maximum atomic E-state index is 11.8. The summed E-state index contributed by atoms with van der Waals surface area (Å²) in [4.78, 5) is 31.8. The molecule has 0 saturated carbocycles. The average molecular weight is 341 g/mol. The van der Waals surface area contributed by atoms with Crippen LogP contribution in [0.4, 0.5) is 5.69 Å². The third-order valence-electron chi connectivity index (χ3n) is 4.77. The normalized spacial score (nSPS) is 17.0. The Labute approximate surface area is 144 Å². The van der Waals surface area contributed by atoms with E-state index >= 15 is 0 Å². The molecule has 124 valence electrons. The number of aromatic nitrogens is 1. The maximum absolute atomic E-state index is 11.8. The number of carbonyl (C=O) groups excluding carboxylic acids is 2. The van der Waals surface area contributed by atoms with E-state index in [0.29, 0.717) is 12.8 Å². The van der Waals surface area contributed by atoms with Crippen LogP contribution in [0.25, 0.3) is 11.3 Å². The highest BCUT2D eigenvalue weighted by molar-refractivity contribution is 7.09. The second-order valence-corrected chi connectivity index (χ2v) is 7.28. The number of fused-ring (bicyclic) bond motifs is 1. The molecule has 2 aromatic rings. The Kier molecular flexibility index (Phi) is 3.84. The number of nitrogens with zero attached hydrogens (tertiary/aromatic N) is 3. The Morgan fingerprint density at radius 1 is 1.25 bits per heavy atom. The van der Waals surface area contributed by atoms with Gasteiger partial charge in [0.1, 0.15) is 0 Å². The van der Waals surface area contributed by atoms with Crippen molar-refractivity contribution in [2.75, 3.05) is 25.0 Å². The lowest BCUT2D eigenvalue weighted by Crippen LogP contribution is -2.26. The molecule has 0 radical (unpaired) electrons. The van der Waals surface area contributed by atoms with E-state index in [1.54, 1.807) is 16.2 Å². The number of benzene rings is 1. The number of rotatable bonds is 4. The Bertz CT molecular complexity index is 814. The molecular formula is C18H19N3O2S. The summed E-state index contributed by atoms with van der Waals surface area (Å²) in [6.45, 7) is 1.64. The van der Waals surface area contributed by atoms with E-state index in [4.69, 9.17) is 4.98 Å². The molecule has 24 heavy (non-hydrogen) atoms. The standard InChI is InChI=1S/C18H19N3O2S/c1-20-15-5-4-12(9-13(15)10-18(20)23)14-11-24-16(19-14)6-8-21-7-2-3-17(21)22/h4-5,9,11H,2-3,6-8,10H2,1H3. The monoisotopic (exact) mass is 341 g/mol. The van der Waals surface area contributed by atoms with Crippen LogP contribution in [-0.4, -0.2) is 41.8 Å². The Morgan fingerprint density at radius 2 is 2.12 bits per heavy atom. The number of likely N-dealkylation sites (N-methyl/N-ethyl adjacent to an activating group) is 1. The molecule has 5 nitrogen and oxygen atoms in total. The fraction of sp³-hybridized carbons (Fsp3) is 0.389. The summed E-state index contributed by atoms with van der Waals surface area (Å²) in [6.07, 6.45) is 2.94. The van der Waals surface area contributed by atoms with Crippen molar-refractivity contribution in [2.24, 2.45) is 0 Å². The van der Waals surface area contributed by atoms with Gasteiger partial charge in [-0.2, -0.15) is 0 Å². The van der Waals surface area contributed by atoms with Gasteiger partial charge in [-0.25, -0.2) is 4.98 Å². The van der Waals surface area contributed by atoms with Crippen LogP contribution in [0.3, 0.4) is 0 Å². The number of hydrogen-bond acceptors (Lipinski definition) is 4. The first-order valence-corrected chi connectivity index (χ1v) is 9.12. The van der Waals surface area contributed by atoms with E-state index in [1.807, 2.05) is 24.1 Å². The Balaban J connectivity index is 1.48. The number of hydrogen-bond donors (Lipinski definition) is 0. The van der Waals surface area contributed by atoms with Crippen molar-refractivity contribution in [3.05, 3.63) is 34.2 Å². The van der Waals surface area contributed by atoms with Crippen LogP contribution in [0.1, 0.15) is 23.4 Å². The number of carbonyl (C=O) groups is 2. The molecule has 6 heteroatoms. The summed E-state index contributed by atoms with van der Waals surface area (Å²) in [5.74, 6) is 0.399.